The minimum absolute atomic E-state index is 0.283. The van der Waals surface area contributed by atoms with E-state index in [1.807, 2.05) is 20.1 Å². The van der Waals surface area contributed by atoms with Gasteiger partial charge in [-0.25, -0.2) is 4.39 Å². The lowest BCUT2D eigenvalue weighted by Crippen LogP contribution is -1.99. The molecule has 0 spiro atoms. The van der Waals surface area contributed by atoms with Crippen molar-refractivity contribution in [2.24, 2.45) is 0 Å². The Bertz CT molecular complexity index is 329. The van der Waals surface area contributed by atoms with Crippen molar-refractivity contribution in [3.63, 3.8) is 0 Å². The summed E-state index contributed by atoms with van der Waals surface area (Å²) in [5.41, 5.74) is 0. The molecule has 0 heterocycles. The zero-order chi connectivity index (χ0) is 11.3. The number of hydrogen-bond acceptors (Lipinski definition) is 3. The Morgan fingerprint density at radius 1 is 1.13 bits per heavy atom. The Morgan fingerprint density at radius 2 is 1.67 bits per heavy atom. The molecule has 0 saturated carbocycles. The molecule has 0 unspecified atom stereocenters. The van der Waals surface area contributed by atoms with Gasteiger partial charge in [0.1, 0.15) is 5.75 Å². The molecule has 0 aliphatic rings. The molecule has 84 valence electrons. The van der Waals surface area contributed by atoms with Crippen LogP contribution in [0, 0.1) is 5.82 Å². The molecule has 1 aromatic carbocycles. The maximum Gasteiger partial charge on any atom is 0.182 e. The van der Waals surface area contributed by atoms with Crippen molar-refractivity contribution in [2.45, 2.75) is 18.7 Å². The Balaban J connectivity index is 3.08. The van der Waals surface area contributed by atoms with Gasteiger partial charge >= 0.3 is 0 Å². The molecule has 0 radical (unpaired) electrons. The molecule has 0 aromatic heterocycles. The molecule has 0 aliphatic heterocycles. The summed E-state index contributed by atoms with van der Waals surface area (Å²) in [6, 6.07) is 3.34. The summed E-state index contributed by atoms with van der Waals surface area (Å²) in [6.45, 7) is 4.69. The third kappa shape index (κ3) is 2.78. The van der Waals surface area contributed by atoms with Gasteiger partial charge in [0.05, 0.1) is 18.1 Å². The van der Waals surface area contributed by atoms with E-state index in [9.17, 15) is 4.39 Å². The molecule has 0 aliphatic carbocycles. The first kappa shape index (κ1) is 12.2. The van der Waals surface area contributed by atoms with Crippen molar-refractivity contribution in [3.8, 4) is 11.5 Å². The standard InChI is InChI=1S/C11H15FO2S/c1-4-13-8-6-7-9(14-5-2)11(15-3)10(8)12/h6-7H,4-5H2,1-3H3. The first-order chi connectivity index (χ1) is 7.24. The van der Waals surface area contributed by atoms with Gasteiger partial charge in [0.15, 0.2) is 11.6 Å². The van der Waals surface area contributed by atoms with Gasteiger partial charge < -0.3 is 9.47 Å². The average molecular weight is 230 g/mol. The van der Waals surface area contributed by atoms with Gasteiger partial charge in [-0.3, -0.25) is 0 Å². The molecule has 0 amide bonds. The second-order valence-corrected chi connectivity index (χ2v) is 3.59. The molecule has 0 bridgehead atoms. The van der Waals surface area contributed by atoms with Crippen LogP contribution in [-0.4, -0.2) is 19.5 Å². The maximum atomic E-state index is 13.8. The largest absolute Gasteiger partial charge is 0.493 e. The van der Waals surface area contributed by atoms with Crippen molar-refractivity contribution in [2.75, 3.05) is 19.5 Å². The quantitative estimate of drug-likeness (QED) is 0.723. The lowest BCUT2D eigenvalue weighted by molar-refractivity contribution is 0.304. The molecule has 1 rings (SSSR count). The first-order valence-corrected chi connectivity index (χ1v) is 6.09. The number of halogens is 1. The summed E-state index contributed by atoms with van der Waals surface area (Å²) in [4.78, 5) is 0.503. The zero-order valence-electron chi connectivity index (χ0n) is 9.17. The van der Waals surface area contributed by atoms with Gasteiger partial charge in [0.25, 0.3) is 0 Å². The van der Waals surface area contributed by atoms with Crippen molar-refractivity contribution >= 4 is 11.8 Å². The fourth-order valence-corrected chi connectivity index (χ4v) is 1.85. The lowest BCUT2D eigenvalue weighted by atomic mass is 10.3. The summed E-state index contributed by atoms with van der Waals surface area (Å²) >= 11 is 1.32. The number of thioether (sulfide) groups is 1. The van der Waals surface area contributed by atoms with Crippen LogP contribution in [-0.2, 0) is 0 Å². The van der Waals surface area contributed by atoms with Crippen molar-refractivity contribution in [3.05, 3.63) is 17.9 Å². The third-order valence-electron chi connectivity index (χ3n) is 1.83. The minimum atomic E-state index is -0.338. The van der Waals surface area contributed by atoms with Crippen LogP contribution in [0.1, 0.15) is 13.8 Å². The molecular weight excluding hydrogens is 215 g/mol. The molecule has 0 saturated heterocycles. The van der Waals surface area contributed by atoms with Crippen LogP contribution in [0.25, 0.3) is 0 Å². The van der Waals surface area contributed by atoms with E-state index in [2.05, 4.69) is 0 Å². The highest BCUT2D eigenvalue weighted by molar-refractivity contribution is 7.98. The van der Waals surface area contributed by atoms with Crippen molar-refractivity contribution in [1.29, 1.82) is 0 Å². The highest BCUT2D eigenvalue weighted by atomic mass is 32.2. The van der Waals surface area contributed by atoms with E-state index in [4.69, 9.17) is 9.47 Å². The zero-order valence-corrected chi connectivity index (χ0v) is 9.99. The molecule has 0 fully saturated rings. The van der Waals surface area contributed by atoms with E-state index in [0.717, 1.165) is 0 Å². The molecule has 4 heteroatoms. The van der Waals surface area contributed by atoms with Gasteiger partial charge in [0.2, 0.25) is 0 Å². The normalized spacial score (nSPS) is 10.1. The van der Waals surface area contributed by atoms with Gasteiger partial charge in [0, 0.05) is 0 Å². The molecule has 1 aromatic rings. The lowest BCUT2D eigenvalue weighted by Gasteiger charge is -2.12. The highest BCUT2D eigenvalue weighted by Gasteiger charge is 2.14. The summed E-state index contributed by atoms with van der Waals surface area (Å²) in [5.74, 6) is 0.520. The fourth-order valence-electron chi connectivity index (χ4n) is 1.25. The van der Waals surface area contributed by atoms with Crippen LogP contribution in [0.3, 0.4) is 0 Å². The topological polar surface area (TPSA) is 18.5 Å². The van der Waals surface area contributed by atoms with Gasteiger partial charge in [-0.05, 0) is 32.2 Å². The molecule has 15 heavy (non-hydrogen) atoms. The monoisotopic (exact) mass is 230 g/mol. The van der Waals surface area contributed by atoms with Crippen LogP contribution in [0.2, 0.25) is 0 Å². The Labute approximate surface area is 93.8 Å². The summed E-state index contributed by atoms with van der Waals surface area (Å²) in [6.07, 6.45) is 1.82. The number of benzene rings is 1. The van der Waals surface area contributed by atoms with E-state index in [1.54, 1.807) is 12.1 Å². The SMILES string of the molecule is CCOc1ccc(OCC)c(SC)c1F. The number of hydrogen-bond donors (Lipinski definition) is 0. The molecule has 0 atom stereocenters. The van der Waals surface area contributed by atoms with Gasteiger partial charge in [-0.2, -0.15) is 0 Å². The highest BCUT2D eigenvalue weighted by Crippen LogP contribution is 2.35. The average Bonchev–Trinajstić information content (AvgIpc) is 2.23. The second-order valence-electron chi connectivity index (χ2n) is 2.78. The Hall–Kier alpha value is -0.900. The minimum Gasteiger partial charge on any atom is -0.493 e. The summed E-state index contributed by atoms with van der Waals surface area (Å²) < 4.78 is 24.3. The van der Waals surface area contributed by atoms with Crippen LogP contribution < -0.4 is 9.47 Å². The Morgan fingerprint density at radius 3 is 2.20 bits per heavy atom. The number of rotatable bonds is 5. The van der Waals surface area contributed by atoms with Gasteiger partial charge in [-0.15, -0.1) is 11.8 Å². The van der Waals surface area contributed by atoms with Crippen molar-refractivity contribution < 1.29 is 13.9 Å². The van der Waals surface area contributed by atoms with E-state index < -0.39 is 0 Å². The van der Waals surface area contributed by atoms with E-state index in [-0.39, 0.29) is 11.6 Å². The smallest absolute Gasteiger partial charge is 0.182 e. The Kier molecular flexibility index (Phi) is 4.75. The third-order valence-corrected chi connectivity index (χ3v) is 2.62. The van der Waals surface area contributed by atoms with Crippen LogP contribution in [0.15, 0.2) is 17.0 Å². The number of ether oxygens (including phenoxy) is 2. The molecular formula is C11H15FO2S. The second kappa shape index (κ2) is 5.85. The van der Waals surface area contributed by atoms with Gasteiger partial charge in [-0.1, -0.05) is 0 Å². The van der Waals surface area contributed by atoms with E-state index in [0.29, 0.717) is 23.9 Å². The fraction of sp³-hybridized carbons (Fsp3) is 0.455. The van der Waals surface area contributed by atoms with E-state index >= 15 is 0 Å². The maximum absolute atomic E-state index is 13.8. The predicted octanol–water partition coefficient (Wildman–Crippen LogP) is 3.35. The van der Waals surface area contributed by atoms with Crippen LogP contribution >= 0.6 is 11.8 Å². The summed E-state index contributed by atoms with van der Waals surface area (Å²) in [7, 11) is 0. The molecule has 2 nitrogen and oxygen atoms in total. The van der Waals surface area contributed by atoms with Crippen LogP contribution in [0.5, 0.6) is 11.5 Å². The summed E-state index contributed by atoms with van der Waals surface area (Å²) in [5, 5.41) is 0. The predicted molar refractivity (Wildman–Crippen MR) is 60.5 cm³/mol. The molecule has 0 N–H and O–H groups in total. The van der Waals surface area contributed by atoms with Crippen LogP contribution in [0.4, 0.5) is 4.39 Å². The van der Waals surface area contributed by atoms with Crippen molar-refractivity contribution in [1.82, 2.24) is 0 Å². The van der Waals surface area contributed by atoms with E-state index in [1.165, 1.54) is 11.8 Å². The first-order valence-electron chi connectivity index (χ1n) is 4.86.